The third kappa shape index (κ3) is 7.55. The Morgan fingerprint density at radius 2 is 1.73 bits per heavy atom. The first-order valence-electron chi connectivity index (χ1n) is 12.5. The van der Waals surface area contributed by atoms with E-state index in [1.54, 1.807) is 30.5 Å². The Morgan fingerprint density at radius 1 is 1.02 bits per heavy atom. The van der Waals surface area contributed by atoms with E-state index in [1.807, 2.05) is 24.5 Å². The average molecular weight is 640 g/mol. The summed E-state index contributed by atoms with van der Waals surface area (Å²) in [5, 5.41) is 1.39. The number of hydrogen-bond acceptors (Lipinski definition) is 5. The van der Waals surface area contributed by atoms with Gasteiger partial charge in [-0.3, -0.25) is 13.9 Å². The topological polar surface area (TPSA) is 89.3 Å². The number of halogens is 4. The lowest BCUT2D eigenvalue weighted by molar-refractivity contribution is 0.0981. The maximum Gasteiger partial charge on any atom is 0.264 e. The Labute approximate surface area is 251 Å². The molecule has 0 aliphatic rings. The van der Waals surface area contributed by atoms with Crippen LogP contribution in [0.15, 0.2) is 72.0 Å². The van der Waals surface area contributed by atoms with Gasteiger partial charge in [0.25, 0.3) is 10.1 Å². The van der Waals surface area contributed by atoms with Crippen LogP contribution in [0, 0.1) is 11.6 Å². The highest BCUT2D eigenvalue weighted by Crippen LogP contribution is 2.38. The first-order chi connectivity index (χ1) is 19.3. The molecule has 6 nitrogen and oxygen atoms in total. The van der Waals surface area contributed by atoms with Crippen molar-refractivity contribution in [3.8, 4) is 5.69 Å². The van der Waals surface area contributed by atoms with Gasteiger partial charge in [-0.25, -0.2) is 13.8 Å². The molecule has 1 heterocycles. The van der Waals surface area contributed by atoms with E-state index in [-0.39, 0.29) is 30.0 Å². The zero-order valence-corrected chi connectivity index (χ0v) is 25.2. The van der Waals surface area contributed by atoms with Crippen molar-refractivity contribution in [2.45, 2.75) is 43.0 Å². The van der Waals surface area contributed by atoms with Gasteiger partial charge in [0.1, 0.15) is 11.6 Å². The molecule has 0 saturated carbocycles. The van der Waals surface area contributed by atoms with E-state index in [0.29, 0.717) is 26.5 Å². The van der Waals surface area contributed by atoms with Gasteiger partial charge in [0.05, 0.1) is 27.7 Å². The fourth-order valence-electron chi connectivity index (χ4n) is 4.29. The second-order valence-electron chi connectivity index (χ2n) is 9.90. The lowest BCUT2D eigenvalue weighted by Gasteiger charge is -2.28. The van der Waals surface area contributed by atoms with Gasteiger partial charge in [-0.1, -0.05) is 67.0 Å². The molecule has 0 amide bonds. The quantitative estimate of drug-likeness (QED) is 0.102. The summed E-state index contributed by atoms with van der Waals surface area (Å²) in [6.45, 7) is 4.01. The second-order valence-corrected chi connectivity index (χ2v) is 13.2. The van der Waals surface area contributed by atoms with Crippen molar-refractivity contribution in [1.29, 1.82) is 0 Å². The Bertz CT molecular complexity index is 1690. The summed E-state index contributed by atoms with van der Waals surface area (Å²) in [4.78, 5) is 17.0. The molecule has 0 unspecified atom stereocenters. The summed E-state index contributed by atoms with van der Waals surface area (Å²) < 4.78 is 61.2. The average Bonchev–Trinajstić information content (AvgIpc) is 3.34. The monoisotopic (exact) mass is 638 g/mol. The minimum Gasteiger partial charge on any atom is -0.294 e. The third-order valence-electron chi connectivity index (χ3n) is 6.63. The Morgan fingerprint density at radius 3 is 2.37 bits per heavy atom. The van der Waals surface area contributed by atoms with Crippen LogP contribution in [0.3, 0.4) is 0 Å². The number of rotatable bonds is 11. The Balaban J connectivity index is 1.61. The van der Waals surface area contributed by atoms with Crippen molar-refractivity contribution < 1.29 is 26.5 Å². The number of imidazole rings is 1. The van der Waals surface area contributed by atoms with Crippen molar-refractivity contribution in [1.82, 2.24) is 9.55 Å². The summed E-state index contributed by atoms with van der Waals surface area (Å²) in [5.74, 6) is -1.75. The van der Waals surface area contributed by atoms with E-state index in [0.717, 1.165) is 17.3 Å². The summed E-state index contributed by atoms with van der Waals surface area (Å²) in [6, 6.07) is 15.5. The van der Waals surface area contributed by atoms with E-state index in [9.17, 15) is 22.0 Å². The van der Waals surface area contributed by atoms with Gasteiger partial charge >= 0.3 is 0 Å². The molecular weight excluding hydrogens is 613 g/mol. The molecule has 12 heteroatoms. The zero-order chi connectivity index (χ0) is 29.9. The molecule has 41 heavy (non-hydrogen) atoms. The fourth-order valence-corrected chi connectivity index (χ4v) is 6.08. The van der Waals surface area contributed by atoms with Crippen LogP contribution >= 0.6 is 35.0 Å². The number of Topliss-reactive ketones (excluding diaryl/α,β-unsaturated/α-hetero) is 1. The molecule has 0 radical (unpaired) electrons. The number of benzene rings is 3. The maximum absolute atomic E-state index is 15.0. The summed E-state index contributed by atoms with van der Waals surface area (Å²) >= 11 is 13.7. The molecule has 0 fully saturated rings. The number of carbonyl (C=O) groups is 1. The van der Waals surface area contributed by atoms with E-state index in [4.69, 9.17) is 27.8 Å². The van der Waals surface area contributed by atoms with Crippen LogP contribution in [0.25, 0.3) is 5.69 Å². The van der Waals surface area contributed by atoms with Crippen LogP contribution in [0.5, 0.6) is 0 Å². The molecule has 0 atom stereocenters. The van der Waals surface area contributed by atoms with E-state index >= 15 is 0 Å². The summed E-state index contributed by atoms with van der Waals surface area (Å²) in [7, 11) is -4.17. The predicted molar refractivity (Wildman–Crippen MR) is 158 cm³/mol. The molecule has 1 N–H and O–H groups in total. The highest BCUT2D eigenvalue weighted by atomic mass is 35.5. The van der Waals surface area contributed by atoms with Gasteiger partial charge in [-0.2, -0.15) is 8.42 Å². The molecule has 0 spiro atoms. The first-order valence-corrected chi connectivity index (χ1v) is 15.8. The van der Waals surface area contributed by atoms with Crippen LogP contribution in [0.4, 0.5) is 8.78 Å². The maximum atomic E-state index is 15.0. The molecular formula is C29H26Cl2F2N2O4S2. The van der Waals surface area contributed by atoms with E-state index in [2.05, 4.69) is 4.98 Å². The normalized spacial score (nSPS) is 12.1. The van der Waals surface area contributed by atoms with E-state index in [1.165, 1.54) is 36.0 Å². The van der Waals surface area contributed by atoms with Gasteiger partial charge in [0, 0.05) is 28.8 Å². The van der Waals surface area contributed by atoms with Crippen LogP contribution in [-0.4, -0.2) is 34.1 Å². The fraction of sp³-hybridized carbons (Fsp3) is 0.241. The number of hydrogen-bond donors (Lipinski definition) is 1. The number of ketones is 1. The van der Waals surface area contributed by atoms with Crippen LogP contribution < -0.4 is 0 Å². The Hall–Kier alpha value is -2.76. The van der Waals surface area contributed by atoms with Gasteiger partial charge in [0.2, 0.25) is 0 Å². The van der Waals surface area contributed by atoms with Gasteiger partial charge < -0.3 is 0 Å². The highest BCUT2D eigenvalue weighted by molar-refractivity contribution is 7.98. The second kappa shape index (κ2) is 12.6. The highest BCUT2D eigenvalue weighted by Gasteiger charge is 2.30. The van der Waals surface area contributed by atoms with Crippen LogP contribution in [0.2, 0.25) is 10.0 Å². The molecule has 216 valence electrons. The number of carbonyl (C=O) groups excluding carboxylic acids is 1. The van der Waals surface area contributed by atoms with Gasteiger partial charge in [-0.15, -0.1) is 0 Å². The number of thioether (sulfide) groups is 1. The Kier molecular flexibility index (Phi) is 9.60. The van der Waals surface area contributed by atoms with Crippen molar-refractivity contribution >= 4 is 50.9 Å². The minimum atomic E-state index is -4.17. The number of nitrogens with zero attached hydrogens (tertiary/aromatic N) is 2. The summed E-state index contributed by atoms with van der Waals surface area (Å²) in [6.07, 6.45) is 1.52. The smallest absolute Gasteiger partial charge is 0.264 e. The third-order valence-corrected chi connectivity index (χ3v) is 9.18. The number of aromatic nitrogens is 2. The SMILES string of the molecule is CC(C)(c1ccc(Cl)c(Cl)c1)c1cnc(SCc2ccc(C(=O)CCCS(=O)(=O)O)cc2F)n1-c1ccc(F)cc1. The molecule has 0 bridgehead atoms. The van der Waals surface area contributed by atoms with Crippen LogP contribution in [-0.2, 0) is 21.3 Å². The van der Waals surface area contributed by atoms with Crippen molar-refractivity contribution in [3.05, 3.63) is 111 Å². The predicted octanol–water partition coefficient (Wildman–Crippen LogP) is 7.93. The minimum absolute atomic E-state index is 0.0656. The van der Waals surface area contributed by atoms with Crippen molar-refractivity contribution in [2.75, 3.05) is 5.75 Å². The molecule has 1 aromatic heterocycles. The van der Waals surface area contributed by atoms with Crippen molar-refractivity contribution in [2.24, 2.45) is 0 Å². The lowest BCUT2D eigenvalue weighted by Crippen LogP contribution is -2.23. The zero-order valence-electron chi connectivity index (χ0n) is 22.1. The summed E-state index contributed by atoms with van der Waals surface area (Å²) in [5.41, 5.74) is 2.19. The molecule has 0 aliphatic heterocycles. The lowest BCUT2D eigenvalue weighted by atomic mass is 9.81. The molecule has 3 aromatic carbocycles. The molecule has 0 saturated heterocycles. The van der Waals surface area contributed by atoms with E-state index < -0.39 is 32.9 Å². The molecule has 4 aromatic rings. The van der Waals surface area contributed by atoms with Gasteiger partial charge in [0.15, 0.2) is 10.9 Å². The van der Waals surface area contributed by atoms with Crippen LogP contribution in [0.1, 0.15) is 53.9 Å². The first kappa shape index (κ1) is 31.2. The molecule has 0 aliphatic carbocycles. The van der Waals surface area contributed by atoms with Crippen molar-refractivity contribution in [3.63, 3.8) is 0 Å². The van der Waals surface area contributed by atoms with Gasteiger partial charge in [-0.05, 0) is 60.0 Å². The standard InChI is InChI=1S/C29H26Cl2F2N2O4S2/c1-29(2,20-7-12-23(30)24(31)15-20)27-16-34-28(35(27)22-10-8-21(32)9-11-22)40-17-19-6-5-18(14-25(19)33)26(36)4-3-13-41(37,38)39/h5-12,14-16H,3-4,13,17H2,1-2H3,(H,37,38,39). The molecule has 4 rings (SSSR count). The largest absolute Gasteiger partial charge is 0.294 e.